The fourth-order valence-corrected chi connectivity index (χ4v) is 1.21. The third kappa shape index (κ3) is 1.76. The summed E-state index contributed by atoms with van der Waals surface area (Å²) in [6, 6.07) is 0. The Balaban J connectivity index is 2.47. The average molecular weight is 152 g/mol. The quantitative estimate of drug-likeness (QED) is 0.593. The predicted molar refractivity (Wildman–Crippen MR) is 47.9 cm³/mol. The van der Waals surface area contributed by atoms with Crippen molar-refractivity contribution < 1.29 is 0 Å². The molecule has 0 atom stereocenters. The van der Waals surface area contributed by atoms with Crippen LogP contribution in [0.2, 0.25) is 0 Å². The van der Waals surface area contributed by atoms with Crippen LogP contribution >= 0.6 is 0 Å². The van der Waals surface area contributed by atoms with E-state index in [0.29, 0.717) is 0 Å². The van der Waals surface area contributed by atoms with Gasteiger partial charge in [0.05, 0.1) is 6.67 Å². The van der Waals surface area contributed by atoms with E-state index in [-0.39, 0.29) is 0 Å². The summed E-state index contributed by atoms with van der Waals surface area (Å²) in [5.41, 5.74) is 2.29. The third-order valence-electron chi connectivity index (χ3n) is 2.06. The lowest BCUT2D eigenvalue weighted by Crippen LogP contribution is -2.22. The SMILES string of the molecule is C=C(C)N1CCN(C(=C)C)C1. The number of hydrogen-bond acceptors (Lipinski definition) is 2. The lowest BCUT2D eigenvalue weighted by Gasteiger charge is -2.20. The maximum Gasteiger partial charge on any atom is 0.0898 e. The molecular weight excluding hydrogens is 136 g/mol. The molecule has 1 aliphatic heterocycles. The molecule has 1 rings (SSSR count). The zero-order chi connectivity index (χ0) is 8.43. The van der Waals surface area contributed by atoms with Gasteiger partial charge >= 0.3 is 0 Å². The van der Waals surface area contributed by atoms with E-state index < -0.39 is 0 Å². The molecule has 11 heavy (non-hydrogen) atoms. The highest BCUT2D eigenvalue weighted by atomic mass is 15.4. The molecule has 0 aliphatic carbocycles. The largest absolute Gasteiger partial charge is 0.356 e. The molecule has 0 aromatic carbocycles. The molecule has 0 amide bonds. The summed E-state index contributed by atoms with van der Waals surface area (Å²) in [7, 11) is 0. The van der Waals surface area contributed by atoms with Gasteiger partial charge in [-0.2, -0.15) is 0 Å². The van der Waals surface area contributed by atoms with Crippen molar-refractivity contribution in [3.05, 3.63) is 24.6 Å². The highest BCUT2D eigenvalue weighted by Crippen LogP contribution is 2.13. The number of allylic oxidation sites excluding steroid dienone is 2. The minimum atomic E-state index is 0.963. The molecule has 2 heteroatoms. The van der Waals surface area contributed by atoms with Crippen molar-refractivity contribution in [3.8, 4) is 0 Å². The van der Waals surface area contributed by atoms with Crippen LogP contribution in [0.3, 0.4) is 0 Å². The van der Waals surface area contributed by atoms with Gasteiger partial charge in [-0.1, -0.05) is 13.2 Å². The van der Waals surface area contributed by atoms with Crippen LogP contribution in [0.25, 0.3) is 0 Å². The first-order valence-corrected chi connectivity index (χ1v) is 3.92. The smallest absolute Gasteiger partial charge is 0.0898 e. The van der Waals surface area contributed by atoms with Gasteiger partial charge in [0.2, 0.25) is 0 Å². The van der Waals surface area contributed by atoms with Crippen molar-refractivity contribution >= 4 is 0 Å². The number of nitrogens with zero attached hydrogens (tertiary/aromatic N) is 2. The van der Waals surface area contributed by atoms with Gasteiger partial charge in [-0.3, -0.25) is 0 Å². The average Bonchev–Trinajstić information content (AvgIpc) is 2.33. The van der Waals surface area contributed by atoms with Crippen LogP contribution in [0.15, 0.2) is 24.6 Å². The van der Waals surface area contributed by atoms with E-state index in [9.17, 15) is 0 Å². The second kappa shape index (κ2) is 2.99. The molecule has 0 saturated carbocycles. The zero-order valence-electron chi connectivity index (χ0n) is 7.43. The van der Waals surface area contributed by atoms with E-state index in [2.05, 4.69) is 23.0 Å². The van der Waals surface area contributed by atoms with Crippen molar-refractivity contribution in [2.75, 3.05) is 19.8 Å². The van der Waals surface area contributed by atoms with Crippen LogP contribution in [-0.2, 0) is 0 Å². The first-order valence-electron chi connectivity index (χ1n) is 3.92. The summed E-state index contributed by atoms with van der Waals surface area (Å²) < 4.78 is 0. The minimum Gasteiger partial charge on any atom is -0.356 e. The molecule has 1 aliphatic rings. The van der Waals surface area contributed by atoms with Gasteiger partial charge in [-0.05, 0) is 13.8 Å². The van der Waals surface area contributed by atoms with Gasteiger partial charge in [-0.25, -0.2) is 0 Å². The molecule has 2 nitrogen and oxygen atoms in total. The van der Waals surface area contributed by atoms with Crippen molar-refractivity contribution in [3.63, 3.8) is 0 Å². The fourth-order valence-electron chi connectivity index (χ4n) is 1.21. The Bertz CT molecular complexity index is 164. The topological polar surface area (TPSA) is 6.48 Å². The van der Waals surface area contributed by atoms with Crippen LogP contribution in [-0.4, -0.2) is 29.6 Å². The Labute approximate surface area is 68.8 Å². The standard InChI is InChI=1S/C9H16N2/c1-8(2)10-5-6-11(7-10)9(3)4/h1,3,5-7H2,2,4H3. The second-order valence-corrected chi connectivity index (χ2v) is 3.14. The van der Waals surface area contributed by atoms with Crippen LogP contribution in [0, 0.1) is 0 Å². The summed E-state index contributed by atoms with van der Waals surface area (Å²) in [4.78, 5) is 4.52. The molecule has 62 valence electrons. The summed E-state index contributed by atoms with van der Waals surface area (Å²) >= 11 is 0. The summed E-state index contributed by atoms with van der Waals surface area (Å²) in [5.74, 6) is 0. The molecule has 1 heterocycles. The maximum atomic E-state index is 3.90. The van der Waals surface area contributed by atoms with Gasteiger partial charge < -0.3 is 9.80 Å². The summed E-state index contributed by atoms with van der Waals surface area (Å²) in [6.45, 7) is 15.0. The Morgan fingerprint density at radius 1 is 1.00 bits per heavy atom. The van der Waals surface area contributed by atoms with E-state index in [4.69, 9.17) is 0 Å². The van der Waals surface area contributed by atoms with Crippen molar-refractivity contribution in [2.24, 2.45) is 0 Å². The van der Waals surface area contributed by atoms with Gasteiger partial charge in [-0.15, -0.1) is 0 Å². The predicted octanol–water partition coefficient (Wildman–Crippen LogP) is 1.63. The van der Waals surface area contributed by atoms with Gasteiger partial charge in [0.15, 0.2) is 0 Å². The van der Waals surface area contributed by atoms with E-state index in [1.54, 1.807) is 0 Å². The van der Waals surface area contributed by atoms with Crippen molar-refractivity contribution in [1.29, 1.82) is 0 Å². The van der Waals surface area contributed by atoms with Crippen LogP contribution in [0.4, 0.5) is 0 Å². The third-order valence-corrected chi connectivity index (χ3v) is 2.06. The Hall–Kier alpha value is -0.920. The highest BCUT2D eigenvalue weighted by Gasteiger charge is 2.17. The molecule has 1 fully saturated rings. The van der Waals surface area contributed by atoms with Crippen LogP contribution in [0.5, 0.6) is 0 Å². The zero-order valence-corrected chi connectivity index (χ0v) is 7.43. The first-order chi connectivity index (χ1) is 5.11. The van der Waals surface area contributed by atoms with Crippen LogP contribution < -0.4 is 0 Å². The molecule has 1 saturated heterocycles. The molecule has 0 N–H and O–H groups in total. The molecule has 0 spiro atoms. The minimum absolute atomic E-state index is 0.963. The Morgan fingerprint density at radius 3 is 1.55 bits per heavy atom. The highest BCUT2D eigenvalue weighted by molar-refractivity contribution is 4.98. The fraction of sp³-hybridized carbons (Fsp3) is 0.556. The lowest BCUT2D eigenvalue weighted by molar-refractivity contribution is 0.332. The maximum absolute atomic E-state index is 3.90. The van der Waals surface area contributed by atoms with Crippen molar-refractivity contribution in [2.45, 2.75) is 13.8 Å². The molecule has 0 radical (unpaired) electrons. The van der Waals surface area contributed by atoms with Gasteiger partial charge in [0.1, 0.15) is 0 Å². The Morgan fingerprint density at radius 2 is 1.36 bits per heavy atom. The number of hydrogen-bond donors (Lipinski definition) is 0. The normalized spacial score (nSPS) is 17.3. The van der Waals surface area contributed by atoms with Crippen molar-refractivity contribution in [1.82, 2.24) is 9.80 Å². The summed E-state index contributed by atoms with van der Waals surface area (Å²) in [6.07, 6.45) is 0. The second-order valence-electron chi connectivity index (χ2n) is 3.14. The van der Waals surface area contributed by atoms with E-state index >= 15 is 0 Å². The molecular formula is C9H16N2. The monoisotopic (exact) mass is 152 g/mol. The van der Waals surface area contributed by atoms with Gasteiger partial charge in [0, 0.05) is 24.5 Å². The van der Waals surface area contributed by atoms with E-state index in [1.807, 2.05) is 13.8 Å². The van der Waals surface area contributed by atoms with Crippen LogP contribution in [0.1, 0.15) is 13.8 Å². The first kappa shape index (κ1) is 8.18. The molecule has 0 unspecified atom stereocenters. The molecule has 0 bridgehead atoms. The lowest BCUT2D eigenvalue weighted by atomic mass is 10.5. The molecule has 0 aromatic heterocycles. The van der Waals surface area contributed by atoms with E-state index in [1.165, 1.54) is 0 Å². The number of rotatable bonds is 2. The molecule has 0 aromatic rings. The Kier molecular flexibility index (Phi) is 2.22. The summed E-state index contributed by atoms with van der Waals surface area (Å²) in [5, 5.41) is 0. The van der Waals surface area contributed by atoms with E-state index in [0.717, 1.165) is 31.2 Å². The van der Waals surface area contributed by atoms with Gasteiger partial charge in [0.25, 0.3) is 0 Å².